The molecule has 0 saturated heterocycles. The Morgan fingerprint density at radius 1 is 0.276 bits per heavy atom. The van der Waals surface area contributed by atoms with Gasteiger partial charge < -0.3 is 4.57 Å². The molecule has 1 heterocycles. The van der Waals surface area contributed by atoms with E-state index in [2.05, 4.69) is 217 Å². The third-order valence-electron chi connectivity index (χ3n) is 13.2. The molecule has 0 bridgehead atoms. The van der Waals surface area contributed by atoms with E-state index in [1.807, 2.05) is 0 Å². The minimum atomic E-state index is -0.395. The molecule has 1 aromatic heterocycles. The zero-order chi connectivity index (χ0) is 38.0. The Kier molecular flexibility index (Phi) is 6.43. The van der Waals surface area contributed by atoms with Crippen molar-refractivity contribution in [3.63, 3.8) is 0 Å². The smallest absolute Gasteiger partial charge is 0.0725 e. The van der Waals surface area contributed by atoms with Crippen LogP contribution in [-0.4, -0.2) is 4.57 Å². The summed E-state index contributed by atoms with van der Waals surface area (Å²) in [4.78, 5) is 0. The summed E-state index contributed by atoms with van der Waals surface area (Å²) in [6.07, 6.45) is 0. The minimum Gasteiger partial charge on any atom is -0.309 e. The van der Waals surface area contributed by atoms with E-state index in [1.165, 1.54) is 110 Å². The lowest BCUT2D eigenvalue weighted by Gasteiger charge is -2.30. The van der Waals surface area contributed by atoms with Gasteiger partial charge in [-0.05, 0) is 119 Å². The highest BCUT2D eigenvalue weighted by atomic mass is 15.0. The Bertz CT molecular complexity index is 3350. The molecule has 11 aromatic rings. The van der Waals surface area contributed by atoms with Crippen molar-refractivity contribution in [1.82, 2.24) is 4.57 Å². The number of rotatable bonds is 3. The lowest BCUT2D eigenvalue weighted by Crippen LogP contribution is -2.25. The van der Waals surface area contributed by atoms with Gasteiger partial charge >= 0.3 is 0 Å². The number of aromatic nitrogens is 1. The minimum absolute atomic E-state index is 0.395. The van der Waals surface area contributed by atoms with Crippen molar-refractivity contribution in [2.45, 2.75) is 5.41 Å². The molecule has 0 aliphatic heterocycles. The van der Waals surface area contributed by atoms with Crippen LogP contribution in [0.3, 0.4) is 0 Å². The van der Waals surface area contributed by atoms with Crippen LogP contribution in [0, 0.1) is 0 Å². The highest BCUT2D eigenvalue weighted by Gasteiger charge is 2.51. The lowest BCUT2D eigenvalue weighted by molar-refractivity contribution is 0.794. The highest BCUT2D eigenvalue weighted by Crippen LogP contribution is 2.63. The molecule has 0 amide bonds. The first kappa shape index (κ1) is 31.7. The van der Waals surface area contributed by atoms with Gasteiger partial charge in [0.15, 0.2) is 0 Å². The Labute approximate surface area is 336 Å². The number of benzene rings is 10. The van der Waals surface area contributed by atoms with E-state index in [0.717, 1.165) is 5.69 Å². The molecule has 0 radical (unpaired) electrons. The maximum Gasteiger partial charge on any atom is 0.0725 e. The largest absolute Gasteiger partial charge is 0.309 e. The van der Waals surface area contributed by atoms with Gasteiger partial charge in [0.05, 0.1) is 16.4 Å². The molecule has 1 spiro atoms. The van der Waals surface area contributed by atoms with E-state index in [0.29, 0.717) is 0 Å². The second-order valence-electron chi connectivity index (χ2n) is 15.9. The maximum absolute atomic E-state index is 2.53. The number of fused-ring (bicyclic) bond motifs is 15. The van der Waals surface area contributed by atoms with E-state index in [1.54, 1.807) is 0 Å². The fraction of sp³-hybridized carbons (Fsp3) is 0.0175. The van der Waals surface area contributed by atoms with Crippen molar-refractivity contribution in [2.24, 2.45) is 0 Å². The van der Waals surface area contributed by atoms with Crippen LogP contribution in [0.2, 0.25) is 0 Å². The molecule has 0 unspecified atom stereocenters. The van der Waals surface area contributed by atoms with Gasteiger partial charge in [-0.25, -0.2) is 0 Å². The summed E-state index contributed by atoms with van der Waals surface area (Å²) in [6, 6.07) is 79.3. The fourth-order valence-corrected chi connectivity index (χ4v) is 11.0. The molecule has 13 rings (SSSR count). The Balaban J connectivity index is 1.07. The van der Waals surface area contributed by atoms with E-state index in [-0.39, 0.29) is 0 Å². The van der Waals surface area contributed by atoms with Crippen LogP contribution in [0.5, 0.6) is 0 Å². The SMILES string of the molecule is c1cc(-c2c3ccccc3c(-c3ccc4c(c3)C3(c5ccccc5-c5ccccc53)c3ccccc3-4)c3ccccc23)cc(-n2c3ccccc3c3ccccc32)c1. The van der Waals surface area contributed by atoms with Crippen LogP contribution >= 0.6 is 0 Å². The molecular formula is C57H35N. The standard InChI is InChI=1S/C57H35N/c1-3-25-47-45(23-1)55(36-16-15-17-38(34-36)58-53-30-13-8-21-43(53)44-22-9-14-31-54(44)58)46-24-2-4-26-48(46)56(47)37-32-33-42-41-20-7-12-29-51(41)57(52(42)35-37)49-27-10-5-18-39(49)40-19-6-11-28-50(40)57/h1-35H. The van der Waals surface area contributed by atoms with Crippen LogP contribution in [-0.2, 0) is 5.41 Å². The van der Waals surface area contributed by atoms with Crippen LogP contribution in [0.15, 0.2) is 212 Å². The van der Waals surface area contributed by atoms with Gasteiger partial charge in [0.1, 0.15) is 0 Å². The highest BCUT2D eigenvalue weighted by molar-refractivity contribution is 6.22. The van der Waals surface area contributed by atoms with Gasteiger partial charge in [0.2, 0.25) is 0 Å². The normalized spacial score (nSPS) is 13.3. The third kappa shape index (κ3) is 4.05. The molecule has 10 aromatic carbocycles. The topological polar surface area (TPSA) is 4.93 Å². The average molecular weight is 734 g/mol. The van der Waals surface area contributed by atoms with E-state index in [9.17, 15) is 0 Å². The van der Waals surface area contributed by atoms with Crippen LogP contribution in [0.1, 0.15) is 22.3 Å². The summed E-state index contributed by atoms with van der Waals surface area (Å²) in [7, 11) is 0. The Morgan fingerprint density at radius 3 is 1.17 bits per heavy atom. The second-order valence-corrected chi connectivity index (χ2v) is 15.9. The first-order valence-electron chi connectivity index (χ1n) is 20.3. The van der Waals surface area contributed by atoms with Gasteiger partial charge in [-0.15, -0.1) is 0 Å². The third-order valence-corrected chi connectivity index (χ3v) is 13.2. The summed E-state index contributed by atoms with van der Waals surface area (Å²) in [5, 5.41) is 7.57. The molecule has 1 heteroatoms. The van der Waals surface area contributed by atoms with Crippen molar-refractivity contribution >= 4 is 43.4 Å². The van der Waals surface area contributed by atoms with E-state index < -0.39 is 5.41 Å². The van der Waals surface area contributed by atoms with Crippen LogP contribution < -0.4 is 0 Å². The van der Waals surface area contributed by atoms with Gasteiger partial charge in [0.25, 0.3) is 0 Å². The molecule has 0 N–H and O–H groups in total. The van der Waals surface area contributed by atoms with Crippen molar-refractivity contribution in [3.8, 4) is 50.2 Å². The molecule has 0 atom stereocenters. The molecule has 2 aliphatic carbocycles. The summed E-state index contributed by atoms with van der Waals surface area (Å²) >= 11 is 0. The predicted octanol–water partition coefficient (Wildman–Crippen LogP) is 14.8. The average Bonchev–Trinajstić information content (AvgIpc) is 3.90. The number of hydrogen-bond acceptors (Lipinski definition) is 0. The number of para-hydroxylation sites is 2. The molecule has 1 nitrogen and oxygen atoms in total. The molecule has 2 aliphatic rings. The number of nitrogens with zero attached hydrogens (tertiary/aromatic N) is 1. The van der Waals surface area contributed by atoms with Gasteiger partial charge in [-0.1, -0.05) is 182 Å². The quantitative estimate of drug-likeness (QED) is 0.159. The maximum atomic E-state index is 2.53. The summed E-state index contributed by atoms with van der Waals surface area (Å²) in [6.45, 7) is 0. The lowest BCUT2D eigenvalue weighted by atomic mass is 9.70. The summed E-state index contributed by atoms with van der Waals surface area (Å²) in [5.41, 5.74) is 19.0. The molecular weight excluding hydrogens is 699 g/mol. The van der Waals surface area contributed by atoms with Gasteiger partial charge in [-0.2, -0.15) is 0 Å². The Morgan fingerprint density at radius 2 is 0.672 bits per heavy atom. The zero-order valence-corrected chi connectivity index (χ0v) is 31.7. The summed E-state index contributed by atoms with van der Waals surface area (Å²) in [5.74, 6) is 0. The fourth-order valence-electron chi connectivity index (χ4n) is 11.0. The zero-order valence-electron chi connectivity index (χ0n) is 31.7. The molecule has 58 heavy (non-hydrogen) atoms. The first-order chi connectivity index (χ1) is 28.8. The second kappa shape index (κ2) is 11.8. The van der Waals surface area contributed by atoms with Crippen LogP contribution in [0.25, 0.3) is 93.5 Å². The number of hydrogen-bond donors (Lipinski definition) is 0. The molecule has 0 fully saturated rings. The van der Waals surface area contributed by atoms with E-state index >= 15 is 0 Å². The first-order valence-corrected chi connectivity index (χ1v) is 20.3. The predicted molar refractivity (Wildman–Crippen MR) is 243 cm³/mol. The van der Waals surface area contributed by atoms with Crippen LogP contribution in [0.4, 0.5) is 0 Å². The van der Waals surface area contributed by atoms with Gasteiger partial charge in [0, 0.05) is 16.5 Å². The van der Waals surface area contributed by atoms with Crippen molar-refractivity contribution in [1.29, 1.82) is 0 Å². The van der Waals surface area contributed by atoms with Crippen molar-refractivity contribution in [2.75, 3.05) is 0 Å². The van der Waals surface area contributed by atoms with Crippen molar-refractivity contribution in [3.05, 3.63) is 235 Å². The molecule has 0 saturated carbocycles. The Hall–Kier alpha value is -7.48. The summed E-state index contributed by atoms with van der Waals surface area (Å²) < 4.78 is 2.42. The molecule has 268 valence electrons. The monoisotopic (exact) mass is 733 g/mol. The van der Waals surface area contributed by atoms with Crippen molar-refractivity contribution < 1.29 is 0 Å². The van der Waals surface area contributed by atoms with Gasteiger partial charge in [-0.3, -0.25) is 0 Å². The van der Waals surface area contributed by atoms with E-state index in [4.69, 9.17) is 0 Å².